The quantitative estimate of drug-likeness (QED) is 0.852. The molecule has 1 aromatic rings. The van der Waals surface area contributed by atoms with Crippen LogP contribution < -0.4 is 4.90 Å². The van der Waals surface area contributed by atoms with Crippen molar-refractivity contribution in [1.82, 2.24) is 9.88 Å². The van der Waals surface area contributed by atoms with Gasteiger partial charge in [0.1, 0.15) is 0 Å². The molecule has 17 heavy (non-hydrogen) atoms. The highest BCUT2D eigenvalue weighted by atomic mass is 16.3. The third-order valence-electron chi connectivity index (χ3n) is 3.58. The Labute approximate surface area is 103 Å². The van der Waals surface area contributed by atoms with Crippen LogP contribution in [0.3, 0.4) is 0 Å². The first-order valence-electron chi connectivity index (χ1n) is 6.25. The van der Waals surface area contributed by atoms with E-state index in [1.165, 1.54) is 12.1 Å². The van der Waals surface area contributed by atoms with Gasteiger partial charge in [0.2, 0.25) is 0 Å². The molecule has 0 saturated carbocycles. The highest BCUT2D eigenvalue weighted by Gasteiger charge is 2.22. The van der Waals surface area contributed by atoms with Gasteiger partial charge in [-0.3, -0.25) is 9.88 Å². The summed E-state index contributed by atoms with van der Waals surface area (Å²) in [5, 5.41) is 9.11. The first-order chi connectivity index (χ1) is 8.24. The molecule has 0 aliphatic carbocycles. The van der Waals surface area contributed by atoms with Crippen molar-refractivity contribution in [2.75, 3.05) is 31.6 Å². The van der Waals surface area contributed by atoms with Crippen LogP contribution in [0, 0.1) is 0 Å². The summed E-state index contributed by atoms with van der Waals surface area (Å²) in [5.74, 6) is 0. The monoisotopic (exact) mass is 235 g/mol. The van der Waals surface area contributed by atoms with Crippen molar-refractivity contribution in [2.24, 2.45) is 0 Å². The maximum absolute atomic E-state index is 9.11. The summed E-state index contributed by atoms with van der Waals surface area (Å²) >= 11 is 0. The molecule has 2 rings (SSSR count). The van der Waals surface area contributed by atoms with Crippen LogP contribution in [0.15, 0.2) is 18.3 Å². The van der Waals surface area contributed by atoms with Crippen molar-refractivity contribution >= 4 is 5.69 Å². The summed E-state index contributed by atoms with van der Waals surface area (Å²) in [5.41, 5.74) is 1.92. The Hall–Kier alpha value is -1.13. The summed E-state index contributed by atoms with van der Waals surface area (Å²) in [7, 11) is 2.19. The fourth-order valence-corrected chi connectivity index (χ4v) is 2.37. The van der Waals surface area contributed by atoms with Gasteiger partial charge in [0.25, 0.3) is 0 Å². The Morgan fingerprint density at radius 1 is 1.47 bits per heavy atom. The molecule has 1 aliphatic rings. The number of piperazine rings is 1. The Kier molecular flexibility index (Phi) is 3.97. The molecular weight excluding hydrogens is 214 g/mol. The molecule has 0 bridgehead atoms. The van der Waals surface area contributed by atoms with Gasteiger partial charge in [-0.25, -0.2) is 0 Å². The summed E-state index contributed by atoms with van der Waals surface area (Å²) in [6.45, 7) is 5.44. The molecule has 2 heterocycles. The van der Waals surface area contributed by atoms with Gasteiger partial charge in [-0.05, 0) is 25.6 Å². The van der Waals surface area contributed by atoms with Gasteiger partial charge in [-0.2, -0.15) is 0 Å². The molecule has 94 valence electrons. The molecule has 0 spiro atoms. The van der Waals surface area contributed by atoms with Crippen LogP contribution in [0.1, 0.15) is 19.0 Å². The van der Waals surface area contributed by atoms with E-state index in [1.54, 1.807) is 6.20 Å². The highest BCUT2D eigenvalue weighted by molar-refractivity contribution is 5.47. The minimum absolute atomic E-state index is 0.0127. The van der Waals surface area contributed by atoms with Gasteiger partial charge in [-0.1, -0.05) is 6.92 Å². The van der Waals surface area contributed by atoms with Crippen LogP contribution in [0.25, 0.3) is 0 Å². The van der Waals surface area contributed by atoms with E-state index >= 15 is 0 Å². The average Bonchev–Trinajstić information content (AvgIpc) is 2.39. The lowest BCUT2D eigenvalue weighted by Crippen LogP contribution is -2.51. The van der Waals surface area contributed by atoms with Crippen LogP contribution in [0.5, 0.6) is 0 Å². The molecule has 4 nitrogen and oxygen atoms in total. The summed E-state index contributed by atoms with van der Waals surface area (Å²) in [4.78, 5) is 8.92. The maximum Gasteiger partial charge on any atom is 0.0853 e. The van der Waals surface area contributed by atoms with Crippen LogP contribution in [0.4, 0.5) is 5.69 Å². The second kappa shape index (κ2) is 5.47. The normalized spacial score (nSPS) is 21.8. The minimum atomic E-state index is 0.0127. The number of rotatable bonds is 3. The number of pyridine rings is 1. The predicted octanol–water partition coefficient (Wildman–Crippen LogP) is 1.10. The fraction of sp³-hybridized carbons (Fsp3) is 0.615. The average molecular weight is 235 g/mol. The largest absolute Gasteiger partial charge is 0.390 e. The third-order valence-corrected chi connectivity index (χ3v) is 3.58. The summed E-state index contributed by atoms with van der Waals surface area (Å²) in [6, 6.07) is 4.63. The summed E-state index contributed by atoms with van der Waals surface area (Å²) in [6.07, 6.45) is 2.95. The number of nitrogens with zero attached hydrogens (tertiary/aromatic N) is 3. The lowest BCUT2D eigenvalue weighted by atomic mass is 10.1. The van der Waals surface area contributed by atoms with Crippen LogP contribution in [0.2, 0.25) is 0 Å². The minimum Gasteiger partial charge on any atom is -0.390 e. The highest BCUT2D eigenvalue weighted by Crippen LogP contribution is 2.19. The molecule has 0 aromatic carbocycles. The Balaban J connectivity index is 2.11. The van der Waals surface area contributed by atoms with Crippen molar-refractivity contribution in [3.8, 4) is 0 Å². The number of aliphatic hydroxyl groups excluding tert-OH is 1. The Morgan fingerprint density at radius 2 is 2.29 bits per heavy atom. The number of aromatic nitrogens is 1. The maximum atomic E-state index is 9.11. The summed E-state index contributed by atoms with van der Waals surface area (Å²) < 4.78 is 0. The smallest absolute Gasteiger partial charge is 0.0853 e. The lowest BCUT2D eigenvalue weighted by Gasteiger charge is -2.40. The van der Waals surface area contributed by atoms with Crippen molar-refractivity contribution in [2.45, 2.75) is 26.0 Å². The Morgan fingerprint density at radius 3 is 3.00 bits per heavy atom. The van der Waals surface area contributed by atoms with Crippen LogP contribution >= 0.6 is 0 Å². The van der Waals surface area contributed by atoms with Crippen LogP contribution in [-0.4, -0.2) is 47.7 Å². The zero-order valence-corrected chi connectivity index (χ0v) is 10.6. The first-order valence-corrected chi connectivity index (χ1v) is 6.25. The van der Waals surface area contributed by atoms with Gasteiger partial charge >= 0.3 is 0 Å². The van der Waals surface area contributed by atoms with Crippen molar-refractivity contribution in [3.63, 3.8) is 0 Å². The number of likely N-dealkylation sites (N-methyl/N-ethyl adjacent to an activating group) is 1. The topological polar surface area (TPSA) is 39.6 Å². The number of anilines is 1. The first kappa shape index (κ1) is 12.3. The van der Waals surface area contributed by atoms with Gasteiger partial charge in [0.05, 0.1) is 12.3 Å². The van der Waals surface area contributed by atoms with E-state index in [-0.39, 0.29) is 6.61 Å². The van der Waals surface area contributed by atoms with E-state index in [0.717, 1.165) is 25.3 Å². The zero-order valence-electron chi connectivity index (χ0n) is 10.6. The van der Waals surface area contributed by atoms with E-state index in [2.05, 4.69) is 28.8 Å². The molecule has 1 N–H and O–H groups in total. The van der Waals surface area contributed by atoms with E-state index in [1.807, 2.05) is 12.1 Å². The van der Waals surface area contributed by atoms with E-state index in [4.69, 9.17) is 5.11 Å². The number of hydrogen-bond donors (Lipinski definition) is 1. The van der Waals surface area contributed by atoms with Crippen LogP contribution in [-0.2, 0) is 6.61 Å². The van der Waals surface area contributed by atoms with Gasteiger partial charge in [-0.15, -0.1) is 0 Å². The van der Waals surface area contributed by atoms with Gasteiger partial charge < -0.3 is 10.0 Å². The Bertz CT molecular complexity index is 369. The molecule has 4 heteroatoms. The lowest BCUT2D eigenvalue weighted by molar-refractivity contribution is 0.213. The predicted molar refractivity (Wildman–Crippen MR) is 69.1 cm³/mol. The second-order valence-corrected chi connectivity index (χ2v) is 4.65. The molecule has 1 aromatic heterocycles. The zero-order chi connectivity index (χ0) is 12.3. The molecule has 0 radical (unpaired) electrons. The standard InChI is InChI=1S/C13H21N3O/c1-3-12-9-16(7-6-15(12)2)13-4-5-14-11(8-13)10-17/h4-5,8,12,17H,3,6-7,9-10H2,1-2H3. The molecular formula is C13H21N3O. The van der Waals surface area contributed by atoms with E-state index < -0.39 is 0 Å². The molecule has 1 saturated heterocycles. The van der Waals surface area contributed by atoms with Crippen molar-refractivity contribution < 1.29 is 5.11 Å². The second-order valence-electron chi connectivity index (χ2n) is 4.65. The number of aliphatic hydroxyl groups is 1. The van der Waals surface area contributed by atoms with E-state index in [9.17, 15) is 0 Å². The molecule has 1 unspecified atom stereocenters. The van der Waals surface area contributed by atoms with Gasteiger partial charge in [0.15, 0.2) is 0 Å². The molecule has 1 fully saturated rings. The fourth-order valence-electron chi connectivity index (χ4n) is 2.37. The molecule has 1 aliphatic heterocycles. The SMILES string of the molecule is CCC1CN(c2ccnc(CO)c2)CCN1C. The molecule has 1 atom stereocenters. The van der Waals surface area contributed by atoms with E-state index in [0.29, 0.717) is 6.04 Å². The number of hydrogen-bond acceptors (Lipinski definition) is 4. The molecule has 0 amide bonds. The third kappa shape index (κ3) is 2.76. The van der Waals surface area contributed by atoms with Crippen molar-refractivity contribution in [1.29, 1.82) is 0 Å². The van der Waals surface area contributed by atoms with Gasteiger partial charge in [0, 0.05) is 37.6 Å². The van der Waals surface area contributed by atoms with Crippen molar-refractivity contribution in [3.05, 3.63) is 24.0 Å².